The molecule has 138 valence electrons. The highest BCUT2D eigenvalue weighted by Gasteiger charge is 2.12. The summed E-state index contributed by atoms with van der Waals surface area (Å²) in [5.74, 6) is 6.57. The second-order valence-corrected chi connectivity index (χ2v) is 6.19. The first kappa shape index (κ1) is 18.3. The minimum absolute atomic E-state index is 0.113. The van der Waals surface area contributed by atoms with Crippen LogP contribution in [0, 0.1) is 0 Å². The van der Waals surface area contributed by atoms with Crippen LogP contribution in [0.5, 0.6) is 0 Å². The van der Waals surface area contributed by atoms with Crippen molar-refractivity contribution in [3.8, 4) is 0 Å². The van der Waals surface area contributed by atoms with Gasteiger partial charge in [-0.15, -0.1) is 10.2 Å². The number of hydrogen-bond acceptors (Lipinski definition) is 9. The lowest BCUT2D eigenvalue weighted by atomic mass is 10.3. The zero-order valence-corrected chi connectivity index (χ0v) is 15.2. The number of nitrogens with one attached hydrogen (secondary N) is 2. The monoisotopic (exact) mass is 383 g/mol. The first-order valence-corrected chi connectivity index (χ1v) is 8.88. The lowest BCUT2D eigenvalue weighted by Crippen LogP contribution is -2.17. The number of hydrazone groups is 1. The smallest absolute Gasteiger partial charge is 0.264 e. The molecule has 0 unspecified atom stereocenters. The third kappa shape index (κ3) is 5.01. The molecule has 0 saturated carbocycles. The standard InChI is InChI=1S/C16H17N9OS/c1-11(12-6-2-4-8-18-12)21-22-15-23-24-16(25(15)17)27-10-14(26)20-13-7-3-5-9-19-13/h2-9H,10,17H2,1H3,(H,22,23)(H,19,20,26)/b21-11+. The molecule has 0 fully saturated rings. The Kier molecular flexibility index (Phi) is 5.94. The van der Waals surface area contributed by atoms with Crippen molar-refractivity contribution in [2.24, 2.45) is 5.10 Å². The van der Waals surface area contributed by atoms with Crippen molar-refractivity contribution >= 4 is 35.1 Å². The molecule has 0 spiro atoms. The molecule has 0 saturated heterocycles. The molecule has 0 aromatic carbocycles. The van der Waals surface area contributed by atoms with Crippen molar-refractivity contribution in [1.29, 1.82) is 0 Å². The normalized spacial score (nSPS) is 11.2. The summed E-state index contributed by atoms with van der Waals surface area (Å²) in [7, 11) is 0. The molecule has 0 aliphatic rings. The van der Waals surface area contributed by atoms with Crippen LogP contribution in [0.2, 0.25) is 0 Å². The van der Waals surface area contributed by atoms with Gasteiger partial charge in [0.15, 0.2) is 0 Å². The Morgan fingerprint density at radius 3 is 2.67 bits per heavy atom. The van der Waals surface area contributed by atoms with Crippen LogP contribution in [0.25, 0.3) is 0 Å². The van der Waals surface area contributed by atoms with Gasteiger partial charge in [-0.2, -0.15) is 5.10 Å². The van der Waals surface area contributed by atoms with Crippen molar-refractivity contribution in [1.82, 2.24) is 24.8 Å². The zero-order valence-electron chi connectivity index (χ0n) is 14.4. The molecule has 0 atom stereocenters. The number of pyridine rings is 2. The van der Waals surface area contributed by atoms with Crippen LogP contribution in [0.4, 0.5) is 11.8 Å². The molecule has 11 heteroatoms. The van der Waals surface area contributed by atoms with Gasteiger partial charge < -0.3 is 11.2 Å². The Labute approximate surface area is 159 Å². The summed E-state index contributed by atoms with van der Waals surface area (Å²) in [6.45, 7) is 1.81. The lowest BCUT2D eigenvalue weighted by Gasteiger charge is -2.05. The molecule has 27 heavy (non-hydrogen) atoms. The molecule has 10 nitrogen and oxygen atoms in total. The summed E-state index contributed by atoms with van der Waals surface area (Å²) in [5, 5.41) is 15.1. The summed E-state index contributed by atoms with van der Waals surface area (Å²) in [5.41, 5.74) is 4.15. The van der Waals surface area contributed by atoms with E-state index in [4.69, 9.17) is 5.84 Å². The van der Waals surface area contributed by atoms with Crippen LogP contribution in [0.3, 0.4) is 0 Å². The Morgan fingerprint density at radius 1 is 1.19 bits per heavy atom. The second kappa shape index (κ2) is 8.76. The van der Waals surface area contributed by atoms with E-state index in [0.717, 1.165) is 17.5 Å². The van der Waals surface area contributed by atoms with E-state index in [0.29, 0.717) is 16.7 Å². The number of nitrogens with two attached hydrogens (primary N) is 1. The van der Waals surface area contributed by atoms with Crippen LogP contribution in [-0.4, -0.2) is 42.2 Å². The lowest BCUT2D eigenvalue weighted by molar-refractivity contribution is -0.113. The highest BCUT2D eigenvalue weighted by Crippen LogP contribution is 2.17. The highest BCUT2D eigenvalue weighted by molar-refractivity contribution is 7.99. The Bertz CT molecular complexity index is 928. The molecular weight excluding hydrogens is 366 g/mol. The number of thioether (sulfide) groups is 1. The number of anilines is 2. The molecule has 0 aliphatic carbocycles. The van der Waals surface area contributed by atoms with E-state index >= 15 is 0 Å². The van der Waals surface area contributed by atoms with Crippen LogP contribution in [-0.2, 0) is 4.79 Å². The maximum absolute atomic E-state index is 12.0. The number of carbonyl (C=O) groups excluding carboxylic acids is 1. The summed E-state index contributed by atoms with van der Waals surface area (Å²) in [4.78, 5) is 20.2. The van der Waals surface area contributed by atoms with Crippen LogP contribution in [0.15, 0.2) is 59.0 Å². The topological polar surface area (TPSA) is 136 Å². The van der Waals surface area contributed by atoms with Gasteiger partial charge in [-0.25, -0.2) is 15.1 Å². The van der Waals surface area contributed by atoms with Crippen LogP contribution >= 0.6 is 11.8 Å². The molecular formula is C16H17N9OS. The maximum atomic E-state index is 12.0. The van der Waals surface area contributed by atoms with E-state index in [1.54, 1.807) is 30.6 Å². The number of nitrogens with zero attached hydrogens (tertiary/aromatic N) is 6. The van der Waals surface area contributed by atoms with Gasteiger partial charge in [0.05, 0.1) is 17.2 Å². The van der Waals surface area contributed by atoms with Crippen molar-refractivity contribution < 1.29 is 4.79 Å². The third-order valence-electron chi connectivity index (χ3n) is 3.29. The van der Waals surface area contributed by atoms with E-state index in [9.17, 15) is 4.79 Å². The fraction of sp³-hybridized carbons (Fsp3) is 0.125. The predicted molar refractivity (Wildman–Crippen MR) is 104 cm³/mol. The number of aromatic nitrogens is 5. The minimum Gasteiger partial charge on any atom is -0.334 e. The molecule has 3 aromatic rings. The fourth-order valence-electron chi connectivity index (χ4n) is 1.97. The molecule has 0 aliphatic heterocycles. The second-order valence-electron chi connectivity index (χ2n) is 5.25. The van der Waals surface area contributed by atoms with Crippen molar-refractivity contribution in [3.63, 3.8) is 0 Å². The molecule has 4 N–H and O–H groups in total. The van der Waals surface area contributed by atoms with Gasteiger partial charge in [0.2, 0.25) is 11.1 Å². The largest absolute Gasteiger partial charge is 0.334 e. The van der Waals surface area contributed by atoms with E-state index in [-0.39, 0.29) is 17.6 Å². The van der Waals surface area contributed by atoms with Crippen LogP contribution in [0.1, 0.15) is 12.6 Å². The van der Waals surface area contributed by atoms with Gasteiger partial charge in [-0.3, -0.25) is 9.78 Å². The van der Waals surface area contributed by atoms with Crippen molar-refractivity contribution in [2.75, 3.05) is 22.3 Å². The average Bonchev–Trinajstić information content (AvgIpc) is 3.05. The van der Waals surface area contributed by atoms with E-state index < -0.39 is 0 Å². The number of carbonyl (C=O) groups is 1. The zero-order chi connectivity index (χ0) is 19.1. The summed E-state index contributed by atoms with van der Waals surface area (Å²) in [6.07, 6.45) is 3.29. The minimum atomic E-state index is -0.222. The average molecular weight is 383 g/mol. The summed E-state index contributed by atoms with van der Waals surface area (Å²) < 4.78 is 1.23. The molecule has 3 heterocycles. The number of rotatable bonds is 7. The number of amides is 1. The van der Waals surface area contributed by atoms with E-state index in [1.807, 2.05) is 25.1 Å². The van der Waals surface area contributed by atoms with E-state index in [2.05, 4.69) is 36.0 Å². The Hall–Kier alpha value is -3.47. The van der Waals surface area contributed by atoms with E-state index in [1.165, 1.54) is 4.68 Å². The highest BCUT2D eigenvalue weighted by atomic mass is 32.2. The fourth-order valence-corrected chi connectivity index (χ4v) is 2.62. The third-order valence-corrected chi connectivity index (χ3v) is 4.23. The molecule has 3 aromatic heterocycles. The van der Waals surface area contributed by atoms with Gasteiger partial charge in [-0.1, -0.05) is 23.9 Å². The van der Waals surface area contributed by atoms with Gasteiger partial charge in [0.1, 0.15) is 5.82 Å². The molecule has 0 bridgehead atoms. The summed E-state index contributed by atoms with van der Waals surface area (Å²) >= 11 is 1.15. The van der Waals surface area contributed by atoms with Gasteiger partial charge >= 0.3 is 0 Å². The summed E-state index contributed by atoms with van der Waals surface area (Å²) in [6, 6.07) is 10.8. The van der Waals surface area contributed by atoms with Gasteiger partial charge in [0.25, 0.3) is 5.95 Å². The number of nitrogen functional groups attached to an aromatic ring is 1. The predicted octanol–water partition coefficient (Wildman–Crippen LogP) is 1.35. The van der Waals surface area contributed by atoms with Gasteiger partial charge in [-0.05, 0) is 31.2 Å². The maximum Gasteiger partial charge on any atom is 0.264 e. The number of hydrogen-bond donors (Lipinski definition) is 3. The van der Waals surface area contributed by atoms with Crippen LogP contribution < -0.4 is 16.6 Å². The molecule has 3 rings (SSSR count). The van der Waals surface area contributed by atoms with Crippen molar-refractivity contribution in [3.05, 3.63) is 54.5 Å². The Morgan fingerprint density at radius 2 is 1.96 bits per heavy atom. The molecule has 1 amide bonds. The molecule has 0 radical (unpaired) electrons. The first-order chi connectivity index (χ1) is 13.1. The first-order valence-electron chi connectivity index (χ1n) is 7.89. The van der Waals surface area contributed by atoms with Gasteiger partial charge in [0, 0.05) is 12.4 Å². The van der Waals surface area contributed by atoms with Crippen molar-refractivity contribution in [2.45, 2.75) is 12.1 Å². The quantitative estimate of drug-likeness (QED) is 0.241. The Balaban J connectivity index is 1.56. The SMILES string of the molecule is C/C(=N\Nc1nnc(SCC(=O)Nc2ccccn2)n1N)c1ccccn1.